The monoisotopic (exact) mass is 379 g/mol. The SMILES string of the molecule is Cc1cc(C)n2nc(CC(=O)N3C[C@@H](C(=O)O)[C@H](c4ccccc4)C3)nc2n1. The lowest BCUT2D eigenvalue weighted by Gasteiger charge is -2.15. The Kier molecular flexibility index (Phi) is 4.54. The summed E-state index contributed by atoms with van der Waals surface area (Å²) >= 11 is 0. The summed E-state index contributed by atoms with van der Waals surface area (Å²) in [5.74, 6) is -1.04. The van der Waals surface area contributed by atoms with Gasteiger partial charge < -0.3 is 10.0 Å². The molecular formula is C20H21N5O3. The second-order valence-electron chi connectivity index (χ2n) is 7.22. The molecule has 1 N–H and O–H groups in total. The number of aryl methyl sites for hydroxylation is 2. The quantitative estimate of drug-likeness (QED) is 0.739. The zero-order valence-electron chi connectivity index (χ0n) is 15.7. The van der Waals surface area contributed by atoms with Gasteiger partial charge in [0.25, 0.3) is 5.78 Å². The van der Waals surface area contributed by atoms with Gasteiger partial charge in [-0.15, -0.1) is 5.10 Å². The highest BCUT2D eigenvalue weighted by atomic mass is 16.4. The number of nitrogens with zero attached hydrogens (tertiary/aromatic N) is 5. The molecule has 3 aromatic rings. The summed E-state index contributed by atoms with van der Waals surface area (Å²) in [5.41, 5.74) is 2.67. The van der Waals surface area contributed by atoms with Gasteiger partial charge in [0.15, 0.2) is 5.82 Å². The van der Waals surface area contributed by atoms with Crippen LogP contribution in [-0.4, -0.2) is 54.6 Å². The van der Waals surface area contributed by atoms with E-state index in [0.29, 0.717) is 18.1 Å². The number of carbonyl (C=O) groups excluding carboxylic acids is 1. The van der Waals surface area contributed by atoms with E-state index in [1.165, 1.54) is 0 Å². The van der Waals surface area contributed by atoms with Crippen LogP contribution < -0.4 is 0 Å². The molecule has 1 aromatic carbocycles. The van der Waals surface area contributed by atoms with Gasteiger partial charge in [-0.1, -0.05) is 30.3 Å². The van der Waals surface area contributed by atoms with Gasteiger partial charge in [0.05, 0.1) is 12.3 Å². The average Bonchev–Trinajstić information content (AvgIpc) is 3.27. The number of rotatable bonds is 4. The highest BCUT2D eigenvalue weighted by molar-refractivity contribution is 5.81. The molecule has 2 aromatic heterocycles. The molecule has 28 heavy (non-hydrogen) atoms. The summed E-state index contributed by atoms with van der Waals surface area (Å²) in [5, 5.41) is 14.0. The number of aliphatic carboxylic acids is 1. The molecule has 1 fully saturated rings. The number of benzene rings is 1. The first-order chi connectivity index (χ1) is 13.4. The van der Waals surface area contributed by atoms with Crippen LogP contribution in [0.4, 0.5) is 0 Å². The maximum absolute atomic E-state index is 12.8. The van der Waals surface area contributed by atoms with Crippen molar-refractivity contribution >= 4 is 17.7 Å². The van der Waals surface area contributed by atoms with Gasteiger partial charge >= 0.3 is 5.97 Å². The van der Waals surface area contributed by atoms with Crippen molar-refractivity contribution in [1.82, 2.24) is 24.5 Å². The molecule has 0 unspecified atom stereocenters. The van der Waals surface area contributed by atoms with Gasteiger partial charge in [-0.25, -0.2) is 9.50 Å². The van der Waals surface area contributed by atoms with E-state index >= 15 is 0 Å². The molecule has 1 aliphatic heterocycles. The molecule has 8 heteroatoms. The number of aromatic nitrogens is 4. The summed E-state index contributed by atoms with van der Waals surface area (Å²) in [7, 11) is 0. The zero-order valence-corrected chi connectivity index (χ0v) is 15.7. The van der Waals surface area contributed by atoms with Crippen molar-refractivity contribution in [3.8, 4) is 0 Å². The van der Waals surface area contributed by atoms with Crippen molar-refractivity contribution in [3.63, 3.8) is 0 Å². The number of amides is 1. The van der Waals surface area contributed by atoms with E-state index < -0.39 is 11.9 Å². The number of hydrogen-bond acceptors (Lipinski definition) is 5. The highest BCUT2D eigenvalue weighted by Gasteiger charge is 2.40. The number of carboxylic acids is 1. The van der Waals surface area contributed by atoms with Crippen LogP contribution in [0.3, 0.4) is 0 Å². The third-order valence-corrected chi connectivity index (χ3v) is 5.19. The van der Waals surface area contributed by atoms with E-state index in [1.54, 1.807) is 9.42 Å². The van der Waals surface area contributed by atoms with Crippen molar-refractivity contribution in [2.24, 2.45) is 5.92 Å². The van der Waals surface area contributed by atoms with E-state index in [4.69, 9.17) is 0 Å². The molecule has 0 spiro atoms. The maximum Gasteiger partial charge on any atom is 0.308 e. The minimum Gasteiger partial charge on any atom is -0.481 e. The number of likely N-dealkylation sites (tertiary alicyclic amines) is 1. The number of hydrogen-bond donors (Lipinski definition) is 1. The van der Waals surface area contributed by atoms with Crippen LogP contribution in [0.25, 0.3) is 5.78 Å². The molecule has 0 aliphatic carbocycles. The van der Waals surface area contributed by atoms with Gasteiger partial charge in [0.2, 0.25) is 5.91 Å². The van der Waals surface area contributed by atoms with Crippen molar-refractivity contribution in [1.29, 1.82) is 0 Å². The Labute approximate surface area is 161 Å². The lowest BCUT2D eigenvalue weighted by atomic mass is 9.89. The average molecular weight is 379 g/mol. The van der Waals surface area contributed by atoms with Crippen LogP contribution in [0.1, 0.15) is 28.7 Å². The van der Waals surface area contributed by atoms with Crippen molar-refractivity contribution in [3.05, 3.63) is 59.2 Å². The molecule has 1 amide bonds. The van der Waals surface area contributed by atoms with Gasteiger partial charge in [0.1, 0.15) is 0 Å². The Hall–Kier alpha value is -3.29. The molecule has 1 saturated heterocycles. The predicted molar refractivity (Wildman–Crippen MR) is 101 cm³/mol. The second-order valence-corrected chi connectivity index (χ2v) is 7.22. The van der Waals surface area contributed by atoms with Gasteiger partial charge in [-0.05, 0) is 25.5 Å². The normalized spacial score (nSPS) is 19.3. The molecule has 1 aliphatic rings. The van der Waals surface area contributed by atoms with Gasteiger partial charge in [0, 0.05) is 30.4 Å². The van der Waals surface area contributed by atoms with Crippen molar-refractivity contribution in [2.45, 2.75) is 26.2 Å². The van der Waals surface area contributed by atoms with Crippen molar-refractivity contribution < 1.29 is 14.7 Å². The fourth-order valence-corrected chi connectivity index (χ4v) is 3.83. The molecule has 0 bridgehead atoms. The van der Waals surface area contributed by atoms with Crippen LogP contribution in [0.15, 0.2) is 36.4 Å². The van der Waals surface area contributed by atoms with Crippen LogP contribution in [-0.2, 0) is 16.0 Å². The molecule has 2 atom stereocenters. The molecule has 8 nitrogen and oxygen atoms in total. The third-order valence-electron chi connectivity index (χ3n) is 5.19. The maximum atomic E-state index is 12.8. The summed E-state index contributed by atoms with van der Waals surface area (Å²) < 4.78 is 1.62. The molecule has 3 heterocycles. The Morgan fingerprint density at radius 3 is 2.61 bits per heavy atom. The van der Waals surface area contributed by atoms with E-state index in [2.05, 4.69) is 15.1 Å². The van der Waals surface area contributed by atoms with E-state index in [9.17, 15) is 14.7 Å². The first kappa shape index (κ1) is 18.1. The highest BCUT2D eigenvalue weighted by Crippen LogP contribution is 2.33. The molecular weight excluding hydrogens is 358 g/mol. The van der Waals surface area contributed by atoms with E-state index in [0.717, 1.165) is 17.0 Å². The van der Waals surface area contributed by atoms with Crippen molar-refractivity contribution in [2.75, 3.05) is 13.1 Å². The van der Waals surface area contributed by atoms with Crippen LogP contribution >= 0.6 is 0 Å². The fourth-order valence-electron chi connectivity index (χ4n) is 3.83. The lowest BCUT2D eigenvalue weighted by Crippen LogP contribution is -2.31. The van der Waals surface area contributed by atoms with E-state index in [1.807, 2.05) is 50.2 Å². The zero-order chi connectivity index (χ0) is 19.8. The Bertz CT molecular complexity index is 1050. The largest absolute Gasteiger partial charge is 0.481 e. The van der Waals surface area contributed by atoms with Gasteiger partial charge in [-0.3, -0.25) is 9.59 Å². The number of fused-ring (bicyclic) bond motifs is 1. The Morgan fingerprint density at radius 2 is 1.89 bits per heavy atom. The second kappa shape index (κ2) is 7.03. The summed E-state index contributed by atoms with van der Waals surface area (Å²) in [6, 6.07) is 11.4. The minimum absolute atomic E-state index is 0.0235. The first-order valence-electron chi connectivity index (χ1n) is 9.18. The summed E-state index contributed by atoms with van der Waals surface area (Å²) in [6.45, 7) is 4.36. The van der Waals surface area contributed by atoms with Crippen LogP contribution in [0.2, 0.25) is 0 Å². The first-order valence-corrected chi connectivity index (χ1v) is 9.18. The fraction of sp³-hybridized carbons (Fsp3) is 0.350. The summed E-state index contributed by atoms with van der Waals surface area (Å²) in [6.07, 6.45) is 0.0235. The Balaban J connectivity index is 1.54. The van der Waals surface area contributed by atoms with Crippen LogP contribution in [0.5, 0.6) is 0 Å². The van der Waals surface area contributed by atoms with E-state index in [-0.39, 0.29) is 24.8 Å². The predicted octanol–water partition coefficient (Wildman–Crippen LogP) is 1.61. The summed E-state index contributed by atoms with van der Waals surface area (Å²) in [4.78, 5) is 34.8. The smallest absolute Gasteiger partial charge is 0.308 e. The van der Waals surface area contributed by atoms with Gasteiger partial charge in [-0.2, -0.15) is 4.98 Å². The molecule has 144 valence electrons. The standard InChI is InChI=1S/C20H21N5O3/c1-12-8-13(2)25-20(21-12)22-17(23-25)9-18(26)24-10-15(16(11-24)19(27)28)14-6-4-3-5-7-14/h3-8,15-16H,9-11H2,1-2H3,(H,27,28)/t15-,16+/m0/s1. The minimum atomic E-state index is -0.884. The number of carbonyl (C=O) groups is 2. The lowest BCUT2D eigenvalue weighted by molar-refractivity contribution is -0.141. The Morgan fingerprint density at radius 1 is 1.14 bits per heavy atom. The molecule has 4 rings (SSSR count). The molecule has 0 saturated carbocycles. The number of carboxylic acid groups (broad SMARTS) is 1. The van der Waals surface area contributed by atoms with Crippen LogP contribution in [0, 0.1) is 19.8 Å². The third kappa shape index (κ3) is 3.33. The molecule has 0 radical (unpaired) electrons. The topological polar surface area (TPSA) is 101 Å².